The van der Waals surface area contributed by atoms with Crippen LogP contribution in [0.4, 0.5) is 0 Å². The second-order valence-corrected chi connectivity index (χ2v) is 16.2. The van der Waals surface area contributed by atoms with E-state index in [0.29, 0.717) is 0 Å². The highest BCUT2D eigenvalue weighted by Crippen LogP contribution is 2.40. The van der Waals surface area contributed by atoms with Gasteiger partial charge in [0.05, 0.1) is 44.5 Å². The summed E-state index contributed by atoms with van der Waals surface area (Å²) in [6, 6.07) is 73.3. The summed E-state index contributed by atoms with van der Waals surface area (Å²) in [5.41, 5.74) is 14.3. The van der Waals surface area contributed by atoms with E-state index >= 15 is 0 Å². The highest BCUT2D eigenvalue weighted by atomic mass is 14.8. The number of fused-ring (bicyclic) bond motifs is 10. The Morgan fingerprint density at radius 1 is 0.226 bits per heavy atom. The minimum Gasteiger partial charge on any atom is -0.245 e. The first-order valence-electron chi connectivity index (χ1n) is 21.0. The second-order valence-electron chi connectivity index (χ2n) is 16.2. The van der Waals surface area contributed by atoms with E-state index in [4.69, 9.17) is 19.9 Å². The molecular formula is C58H34N4. The van der Waals surface area contributed by atoms with Gasteiger partial charge >= 0.3 is 0 Å². The quantitative estimate of drug-likeness (QED) is 0.132. The topological polar surface area (TPSA) is 51.6 Å². The van der Waals surface area contributed by atoms with Crippen LogP contribution >= 0.6 is 0 Å². The fraction of sp³-hybridized carbons (Fsp3) is 0. The molecule has 13 rings (SSSR count). The summed E-state index contributed by atoms with van der Waals surface area (Å²) in [7, 11) is 0. The Labute approximate surface area is 356 Å². The number of hydrogen-bond donors (Lipinski definition) is 0. The number of pyridine rings is 4. The lowest BCUT2D eigenvalue weighted by Gasteiger charge is -2.14. The number of benzene rings is 9. The molecular weight excluding hydrogens is 753 g/mol. The van der Waals surface area contributed by atoms with E-state index in [9.17, 15) is 0 Å². The molecule has 9 aromatic carbocycles. The Hall–Kier alpha value is -8.34. The summed E-state index contributed by atoms with van der Waals surface area (Å²) in [5, 5.41) is 11.3. The van der Waals surface area contributed by atoms with Crippen molar-refractivity contribution in [1.29, 1.82) is 0 Å². The Kier molecular flexibility index (Phi) is 7.57. The van der Waals surface area contributed by atoms with Crippen molar-refractivity contribution < 1.29 is 0 Å². The number of nitrogens with zero attached hydrogens (tertiary/aromatic N) is 4. The maximum atomic E-state index is 5.33. The Morgan fingerprint density at radius 3 is 1.10 bits per heavy atom. The zero-order valence-electron chi connectivity index (χ0n) is 33.4. The zero-order chi connectivity index (χ0) is 40.7. The fourth-order valence-corrected chi connectivity index (χ4v) is 9.54. The van der Waals surface area contributed by atoms with E-state index in [-0.39, 0.29) is 0 Å². The maximum Gasteiger partial charge on any atom is 0.0978 e. The van der Waals surface area contributed by atoms with Gasteiger partial charge in [0, 0.05) is 54.6 Å². The zero-order valence-corrected chi connectivity index (χ0v) is 33.4. The summed E-state index contributed by atoms with van der Waals surface area (Å²) in [4.78, 5) is 21.1. The van der Waals surface area contributed by atoms with Crippen LogP contribution in [0.15, 0.2) is 206 Å². The van der Waals surface area contributed by atoms with Crippen LogP contribution in [0.25, 0.3) is 132 Å². The molecule has 0 saturated carbocycles. The SMILES string of the molecule is c1ccc(-c2c3ccccc3nc3c2ccc2ccc(-c4ccc5cc6cc(-c7ccc8ccc9c(-c%10ccccc%10)c%10ccccc%10nc9c8n7)ccc6cc5c4)nc23)cc1. The van der Waals surface area contributed by atoms with Gasteiger partial charge in [-0.05, 0) is 81.2 Å². The third-order valence-electron chi connectivity index (χ3n) is 12.5. The molecule has 286 valence electrons. The van der Waals surface area contributed by atoms with Crippen molar-refractivity contribution in [3.05, 3.63) is 206 Å². The molecule has 0 saturated heterocycles. The molecule has 0 N–H and O–H groups in total. The third-order valence-corrected chi connectivity index (χ3v) is 12.5. The van der Waals surface area contributed by atoms with Gasteiger partial charge < -0.3 is 0 Å². The van der Waals surface area contributed by atoms with E-state index in [2.05, 4.69) is 206 Å². The van der Waals surface area contributed by atoms with Crippen LogP contribution in [-0.2, 0) is 0 Å². The van der Waals surface area contributed by atoms with E-state index in [1.807, 2.05) is 0 Å². The molecule has 0 aliphatic carbocycles. The van der Waals surface area contributed by atoms with Crippen LogP contribution in [0, 0.1) is 0 Å². The van der Waals surface area contributed by atoms with E-state index in [0.717, 1.165) is 87.9 Å². The maximum absolute atomic E-state index is 5.33. The number of hydrogen-bond acceptors (Lipinski definition) is 4. The molecule has 0 fully saturated rings. The monoisotopic (exact) mass is 786 g/mol. The number of aromatic nitrogens is 4. The van der Waals surface area contributed by atoms with Crippen molar-refractivity contribution in [2.45, 2.75) is 0 Å². The first kappa shape index (κ1) is 34.5. The van der Waals surface area contributed by atoms with Gasteiger partial charge in [-0.15, -0.1) is 0 Å². The van der Waals surface area contributed by atoms with Crippen LogP contribution in [0.1, 0.15) is 0 Å². The van der Waals surface area contributed by atoms with E-state index in [1.54, 1.807) is 0 Å². The lowest BCUT2D eigenvalue weighted by Crippen LogP contribution is -1.93. The van der Waals surface area contributed by atoms with Gasteiger partial charge in [-0.25, -0.2) is 19.9 Å². The van der Waals surface area contributed by atoms with Crippen molar-refractivity contribution in [2.75, 3.05) is 0 Å². The first-order chi connectivity index (χ1) is 30.7. The summed E-state index contributed by atoms with van der Waals surface area (Å²) < 4.78 is 0. The molecule has 0 atom stereocenters. The first-order valence-corrected chi connectivity index (χ1v) is 21.0. The standard InChI is InChI=1S/C58H34N4/c1-3-11-35(12-4-1)53-45-15-7-9-17-51(45)61-57-47(53)27-23-37-25-29-49(59-55(37)57)41-21-19-39-32-44-34-42(22-20-40(44)31-43(39)33-41)50-30-26-38-24-28-48-54(36-13-5-2-6-14-36)46-16-8-10-18-52(46)62-58(48)56(38)60-50/h1-34H. The predicted octanol–water partition coefficient (Wildman–Crippen LogP) is 15.2. The van der Waals surface area contributed by atoms with Crippen LogP contribution in [0.2, 0.25) is 0 Å². The summed E-state index contributed by atoms with van der Waals surface area (Å²) in [5.74, 6) is 0. The molecule has 0 bridgehead atoms. The van der Waals surface area contributed by atoms with Gasteiger partial charge in [-0.1, -0.05) is 158 Å². The molecule has 0 aliphatic rings. The molecule has 4 heterocycles. The Balaban J connectivity index is 0.904. The Morgan fingerprint density at radius 2 is 0.629 bits per heavy atom. The van der Waals surface area contributed by atoms with Crippen molar-refractivity contribution in [1.82, 2.24) is 19.9 Å². The van der Waals surface area contributed by atoms with Gasteiger partial charge in [0.1, 0.15) is 0 Å². The van der Waals surface area contributed by atoms with Gasteiger partial charge in [-0.2, -0.15) is 0 Å². The minimum absolute atomic E-state index is 0.908. The van der Waals surface area contributed by atoms with Crippen LogP contribution in [0.5, 0.6) is 0 Å². The van der Waals surface area contributed by atoms with Crippen molar-refractivity contribution >= 4 is 87.0 Å². The van der Waals surface area contributed by atoms with Crippen LogP contribution in [0.3, 0.4) is 0 Å². The molecule has 4 aromatic heterocycles. The summed E-state index contributed by atoms with van der Waals surface area (Å²) >= 11 is 0. The second kappa shape index (κ2) is 13.6. The van der Waals surface area contributed by atoms with Crippen LogP contribution in [-0.4, -0.2) is 19.9 Å². The molecule has 0 aliphatic heterocycles. The average molecular weight is 787 g/mol. The highest BCUT2D eigenvalue weighted by molar-refractivity contribution is 6.17. The minimum atomic E-state index is 0.908. The van der Waals surface area contributed by atoms with Gasteiger partial charge in [0.15, 0.2) is 0 Å². The van der Waals surface area contributed by atoms with Gasteiger partial charge in [0.25, 0.3) is 0 Å². The highest BCUT2D eigenvalue weighted by Gasteiger charge is 2.17. The largest absolute Gasteiger partial charge is 0.245 e. The van der Waals surface area contributed by atoms with Crippen molar-refractivity contribution in [3.63, 3.8) is 0 Å². The molecule has 4 nitrogen and oxygen atoms in total. The third kappa shape index (κ3) is 5.47. The molecule has 13 aromatic rings. The predicted molar refractivity (Wildman–Crippen MR) is 259 cm³/mol. The molecule has 0 spiro atoms. The lowest BCUT2D eigenvalue weighted by atomic mass is 9.95. The number of para-hydroxylation sites is 2. The fourth-order valence-electron chi connectivity index (χ4n) is 9.54. The summed E-state index contributed by atoms with van der Waals surface area (Å²) in [6.07, 6.45) is 0. The Bertz CT molecular complexity index is 3710. The normalized spacial score (nSPS) is 11.9. The molecule has 0 unspecified atom stereocenters. The van der Waals surface area contributed by atoms with Gasteiger partial charge in [0.2, 0.25) is 0 Å². The molecule has 4 heteroatoms. The van der Waals surface area contributed by atoms with E-state index < -0.39 is 0 Å². The average Bonchev–Trinajstić information content (AvgIpc) is 3.34. The smallest absolute Gasteiger partial charge is 0.0978 e. The van der Waals surface area contributed by atoms with Crippen LogP contribution < -0.4 is 0 Å². The van der Waals surface area contributed by atoms with E-state index in [1.165, 1.54) is 43.8 Å². The molecule has 0 amide bonds. The van der Waals surface area contributed by atoms with Crippen molar-refractivity contribution in [2.24, 2.45) is 0 Å². The number of rotatable bonds is 4. The molecule has 62 heavy (non-hydrogen) atoms. The van der Waals surface area contributed by atoms with Crippen molar-refractivity contribution in [3.8, 4) is 44.8 Å². The lowest BCUT2D eigenvalue weighted by molar-refractivity contribution is 1.39. The molecule has 0 radical (unpaired) electrons. The van der Waals surface area contributed by atoms with Gasteiger partial charge in [-0.3, -0.25) is 0 Å². The summed E-state index contributed by atoms with van der Waals surface area (Å²) in [6.45, 7) is 0.